The molecule has 3 heteroatoms. The average molecular weight is 276 g/mol. The standard InChI is InChI=1S/C16H18ClNO/c1-11-5-3-4-6-15(11)19-16(12(2)18)13-7-9-14(17)10-8-13/h3-10,12,16H,18H2,1-2H3. The van der Waals surface area contributed by atoms with Gasteiger partial charge in [-0.2, -0.15) is 0 Å². The highest BCUT2D eigenvalue weighted by Gasteiger charge is 2.18. The van der Waals surface area contributed by atoms with Crippen LogP contribution < -0.4 is 10.5 Å². The summed E-state index contributed by atoms with van der Waals surface area (Å²) in [7, 11) is 0. The highest BCUT2D eigenvalue weighted by Crippen LogP contribution is 2.27. The zero-order valence-corrected chi connectivity index (χ0v) is 11.9. The maximum atomic E-state index is 6.06. The van der Waals surface area contributed by atoms with Gasteiger partial charge in [-0.25, -0.2) is 0 Å². The molecule has 0 saturated carbocycles. The fourth-order valence-electron chi connectivity index (χ4n) is 1.96. The first-order chi connectivity index (χ1) is 9.08. The molecule has 2 aromatic carbocycles. The molecule has 0 fully saturated rings. The molecule has 2 aromatic rings. The molecule has 0 aliphatic rings. The maximum Gasteiger partial charge on any atom is 0.138 e. The number of hydrogen-bond acceptors (Lipinski definition) is 2. The predicted molar refractivity (Wildman–Crippen MR) is 79.6 cm³/mol. The largest absolute Gasteiger partial charge is 0.484 e. The van der Waals surface area contributed by atoms with Crippen LogP contribution in [0.1, 0.15) is 24.2 Å². The molecule has 2 N–H and O–H groups in total. The molecule has 19 heavy (non-hydrogen) atoms. The van der Waals surface area contributed by atoms with Crippen molar-refractivity contribution in [2.75, 3.05) is 0 Å². The van der Waals surface area contributed by atoms with Crippen molar-refractivity contribution < 1.29 is 4.74 Å². The van der Waals surface area contributed by atoms with Crippen molar-refractivity contribution in [2.24, 2.45) is 5.73 Å². The third kappa shape index (κ3) is 3.49. The van der Waals surface area contributed by atoms with Gasteiger partial charge in [-0.3, -0.25) is 0 Å². The minimum absolute atomic E-state index is 0.110. The van der Waals surface area contributed by atoms with E-state index in [-0.39, 0.29) is 12.1 Å². The lowest BCUT2D eigenvalue weighted by molar-refractivity contribution is 0.179. The van der Waals surface area contributed by atoms with Gasteiger partial charge in [0.1, 0.15) is 11.9 Å². The minimum Gasteiger partial charge on any atom is -0.484 e. The number of ether oxygens (including phenoxy) is 1. The molecule has 2 rings (SSSR count). The lowest BCUT2D eigenvalue weighted by atomic mass is 10.0. The quantitative estimate of drug-likeness (QED) is 0.911. The van der Waals surface area contributed by atoms with E-state index in [4.69, 9.17) is 22.1 Å². The SMILES string of the molecule is Cc1ccccc1OC(c1ccc(Cl)cc1)C(C)N. The van der Waals surface area contributed by atoms with E-state index < -0.39 is 0 Å². The van der Waals surface area contributed by atoms with Gasteiger partial charge in [-0.15, -0.1) is 0 Å². The van der Waals surface area contributed by atoms with Gasteiger partial charge in [0, 0.05) is 11.1 Å². The van der Waals surface area contributed by atoms with Gasteiger partial charge < -0.3 is 10.5 Å². The van der Waals surface area contributed by atoms with Crippen LogP contribution in [0.5, 0.6) is 5.75 Å². The van der Waals surface area contributed by atoms with Crippen LogP contribution >= 0.6 is 11.6 Å². The van der Waals surface area contributed by atoms with Gasteiger partial charge in [0.05, 0.1) is 0 Å². The van der Waals surface area contributed by atoms with Crippen molar-refractivity contribution in [3.63, 3.8) is 0 Å². The van der Waals surface area contributed by atoms with Gasteiger partial charge in [0.15, 0.2) is 0 Å². The van der Waals surface area contributed by atoms with E-state index in [0.717, 1.165) is 16.9 Å². The zero-order chi connectivity index (χ0) is 13.8. The normalized spacial score (nSPS) is 13.9. The third-order valence-electron chi connectivity index (χ3n) is 3.02. The molecule has 0 bridgehead atoms. The Balaban J connectivity index is 2.26. The molecule has 0 aliphatic heterocycles. The van der Waals surface area contributed by atoms with E-state index in [9.17, 15) is 0 Å². The number of aryl methyl sites for hydroxylation is 1. The molecule has 2 unspecified atom stereocenters. The fourth-order valence-corrected chi connectivity index (χ4v) is 2.08. The highest BCUT2D eigenvalue weighted by atomic mass is 35.5. The second kappa shape index (κ2) is 6.09. The summed E-state index contributed by atoms with van der Waals surface area (Å²) in [6, 6.07) is 15.4. The Morgan fingerprint density at radius 1 is 1.05 bits per heavy atom. The summed E-state index contributed by atoms with van der Waals surface area (Å²) in [5, 5.41) is 0.711. The van der Waals surface area contributed by atoms with Crippen LogP contribution in [0.25, 0.3) is 0 Å². The molecule has 100 valence electrons. The van der Waals surface area contributed by atoms with Gasteiger partial charge in [0.25, 0.3) is 0 Å². The summed E-state index contributed by atoms with van der Waals surface area (Å²) in [4.78, 5) is 0. The van der Waals surface area contributed by atoms with Gasteiger partial charge >= 0.3 is 0 Å². The number of rotatable bonds is 4. The molecule has 0 aliphatic carbocycles. The number of benzene rings is 2. The van der Waals surface area contributed by atoms with Gasteiger partial charge in [0.2, 0.25) is 0 Å². The Morgan fingerprint density at radius 2 is 1.68 bits per heavy atom. The summed E-state index contributed by atoms with van der Waals surface area (Å²) in [5.41, 5.74) is 8.18. The molecule has 0 spiro atoms. The Morgan fingerprint density at radius 3 is 2.26 bits per heavy atom. The molecule has 0 aromatic heterocycles. The predicted octanol–water partition coefficient (Wildman–Crippen LogP) is 4.12. The van der Waals surface area contributed by atoms with Crippen molar-refractivity contribution in [3.05, 3.63) is 64.7 Å². The molecule has 2 nitrogen and oxygen atoms in total. The maximum absolute atomic E-state index is 6.06. The summed E-state index contributed by atoms with van der Waals surface area (Å²) < 4.78 is 6.06. The van der Waals surface area contributed by atoms with E-state index in [1.165, 1.54) is 0 Å². The van der Waals surface area contributed by atoms with Crippen molar-refractivity contribution in [1.82, 2.24) is 0 Å². The molecule has 2 atom stereocenters. The third-order valence-corrected chi connectivity index (χ3v) is 3.28. The Kier molecular flexibility index (Phi) is 4.46. The summed E-state index contributed by atoms with van der Waals surface area (Å²) in [6.07, 6.45) is -0.182. The molecule has 0 heterocycles. The van der Waals surface area contributed by atoms with Crippen LogP contribution in [0.4, 0.5) is 0 Å². The average Bonchev–Trinajstić information content (AvgIpc) is 2.39. The van der Waals surface area contributed by atoms with E-state index in [2.05, 4.69) is 0 Å². The minimum atomic E-state index is -0.182. The Hall–Kier alpha value is -1.51. The summed E-state index contributed by atoms with van der Waals surface area (Å²) in [5.74, 6) is 0.861. The topological polar surface area (TPSA) is 35.2 Å². The number of para-hydroxylation sites is 1. The van der Waals surface area contributed by atoms with E-state index in [1.807, 2.05) is 62.4 Å². The second-order valence-electron chi connectivity index (χ2n) is 4.71. The molecule has 0 saturated heterocycles. The van der Waals surface area contributed by atoms with E-state index >= 15 is 0 Å². The van der Waals surface area contributed by atoms with Crippen LogP contribution in [0.15, 0.2) is 48.5 Å². The van der Waals surface area contributed by atoms with Crippen LogP contribution in [0.2, 0.25) is 5.02 Å². The molecular weight excluding hydrogens is 258 g/mol. The van der Waals surface area contributed by atoms with Gasteiger partial charge in [-0.05, 0) is 43.2 Å². The summed E-state index contributed by atoms with van der Waals surface area (Å²) >= 11 is 5.91. The van der Waals surface area contributed by atoms with Crippen molar-refractivity contribution in [1.29, 1.82) is 0 Å². The lowest BCUT2D eigenvalue weighted by Crippen LogP contribution is -2.29. The van der Waals surface area contributed by atoms with E-state index in [0.29, 0.717) is 5.02 Å². The van der Waals surface area contributed by atoms with Gasteiger partial charge in [-0.1, -0.05) is 41.9 Å². The summed E-state index contributed by atoms with van der Waals surface area (Å²) in [6.45, 7) is 3.97. The monoisotopic (exact) mass is 275 g/mol. The van der Waals surface area contributed by atoms with E-state index in [1.54, 1.807) is 0 Å². The van der Waals surface area contributed by atoms with Crippen molar-refractivity contribution >= 4 is 11.6 Å². The Labute approximate surface area is 119 Å². The smallest absolute Gasteiger partial charge is 0.138 e. The molecule has 0 amide bonds. The number of hydrogen-bond donors (Lipinski definition) is 1. The Bertz CT molecular complexity index is 537. The van der Waals surface area contributed by atoms with Crippen molar-refractivity contribution in [2.45, 2.75) is 26.0 Å². The first-order valence-corrected chi connectivity index (χ1v) is 6.69. The lowest BCUT2D eigenvalue weighted by Gasteiger charge is -2.24. The first-order valence-electron chi connectivity index (χ1n) is 6.31. The zero-order valence-electron chi connectivity index (χ0n) is 11.1. The number of nitrogens with two attached hydrogens (primary N) is 1. The van der Waals surface area contributed by atoms with Crippen LogP contribution in [0.3, 0.4) is 0 Å². The number of halogens is 1. The van der Waals surface area contributed by atoms with Crippen LogP contribution in [-0.4, -0.2) is 6.04 Å². The second-order valence-corrected chi connectivity index (χ2v) is 5.15. The first kappa shape index (κ1) is 13.9. The molecule has 0 radical (unpaired) electrons. The van der Waals surface area contributed by atoms with Crippen LogP contribution in [0, 0.1) is 6.92 Å². The van der Waals surface area contributed by atoms with Crippen LogP contribution in [-0.2, 0) is 0 Å². The van der Waals surface area contributed by atoms with Crippen molar-refractivity contribution in [3.8, 4) is 5.75 Å². The molecular formula is C16H18ClNO. The fraction of sp³-hybridized carbons (Fsp3) is 0.250. The highest BCUT2D eigenvalue weighted by molar-refractivity contribution is 6.30.